The van der Waals surface area contributed by atoms with Gasteiger partial charge in [-0.15, -0.1) is 23.1 Å². The second-order valence-electron chi connectivity index (χ2n) is 7.49. The third-order valence-electron chi connectivity index (χ3n) is 5.27. The van der Waals surface area contributed by atoms with E-state index >= 15 is 0 Å². The van der Waals surface area contributed by atoms with E-state index in [4.69, 9.17) is 14.7 Å². The molecular formula is C23H26N4O3S2. The van der Waals surface area contributed by atoms with Gasteiger partial charge in [-0.05, 0) is 44.4 Å². The molecule has 1 saturated heterocycles. The minimum absolute atomic E-state index is 0.0629. The predicted octanol–water partition coefficient (Wildman–Crippen LogP) is 4.50. The number of hydrogen-bond donors (Lipinski definition) is 1. The summed E-state index contributed by atoms with van der Waals surface area (Å²) < 4.78 is 5.22. The van der Waals surface area contributed by atoms with Gasteiger partial charge in [-0.1, -0.05) is 18.2 Å². The molecule has 9 heteroatoms. The number of carbonyl (C=O) groups excluding carboxylic acids is 2. The molecule has 1 aromatic carbocycles. The van der Waals surface area contributed by atoms with Crippen LogP contribution in [-0.2, 0) is 15.3 Å². The van der Waals surface area contributed by atoms with E-state index in [0.29, 0.717) is 28.9 Å². The molecule has 1 fully saturated rings. The number of aryl methyl sites for hydroxylation is 1. The molecule has 0 saturated carbocycles. The van der Waals surface area contributed by atoms with Gasteiger partial charge in [-0.3, -0.25) is 4.79 Å². The lowest BCUT2D eigenvalue weighted by Crippen LogP contribution is -2.33. The molecule has 1 N–H and O–H groups in total. The van der Waals surface area contributed by atoms with Crippen molar-refractivity contribution in [2.45, 2.75) is 37.3 Å². The maximum absolute atomic E-state index is 12.6. The first kappa shape index (κ1) is 22.5. The Morgan fingerprint density at radius 3 is 2.66 bits per heavy atom. The smallest absolute Gasteiger partial charge is 0.348 e. The molecule has 3 heterocycles. The molecule has 0 atom stereocenters. The fourth-order valence-electron chi connectivity index (χ4n) is 3.67. The van der Waals surface area contributed by atoms with Crippen LogP contribution in [-0.4, -0.2) is 53.0 Å². The highest BCUT2D eigenvalue weighted by Gasteiger charge is 2.23. The standard InChI is InChI=1S/C23H26N4O3S2/c1-3-30-23(29)20-15(2)19-21(24-13-18(28)27-11-7-8-12-27)25-17(26-22(19)32-20)14-31-16-9-5-4-6-10-16/h4-6,9-10H,3,7-8,11-14H2,1-2H3,(H,24,25,26). The number of hydrogen-bond acceptors (Lipinski definition) is 8. The van der Waals surface area contributed by atoms with Gasteiger partial charge in [0, 0.05) is 18.0 Å². The second kappa shape index (κ2) is 10.3. The Morgan fingerprint density at radius 2 is 1.94 bits per heavy atom. The van der Waals surface area contributed by atoms with Gasteiger partial charge in [0.25, 0.3) is 0 Å². The minimum Gasteiger partial charge on any atom is -0.462 e. The van der Waals surface area contributed by atoms with Crippen LogP contribution in [0.5, 0.6) is 0 Å². The van der Waals surface area contributed by atoms with Crippen molar-refractivity contribution in [3.63, 3.8) is 0 Å². The van der Waals surface area contributed by atoms with Crippen LogP contribution in [0, 0.1) is 6.92 Å². The van der Waals surface area contributed by atoms with Gasteiger partial charge in [-0.2, -0.15) is 0 Å². The van der Waals surface area contributed by atoms with E-state index in [2.05, 4.69) is 5.32 Å². The summed E-state index contributed by atoms with van der Waals surface area (Å²) in [6, 6.07) is 10.1. The highest BCUT2D eigenvalue weighted by Crippen LogP contribution is 2.35. The summed E-state index contributed by atoms with van der Waals surface area (Å²) in [6.45, 7) is 5.76. The van der Waals surface area contributed by atoms with Gasteiger partial charge < -0.3 is 15.0 Å². The third-order valence-corrected chi connectivity index (χ3v) is 7.45. The number of fused-ring (bicyclic) bond motifs is 1. The van der Waals surface area contributed by atoms with E-state index in [1.54, 1.807) is 18.7 Å². The number of amides is 1. The number of benzene rings is 1. The van der Waals surface area contributed by atoms with Gasteiger partial charge in [0.1, 0.15) is 21.3 Å². The Balaban J connectivity index is 1.63. The number of thioether (sulfide) groups is 1. The lowest BCUT2D eigenvalue weighted by atomic mass is 10.2. The Labute approximate surface area is 195 Å². The first-order valence-corrected chi connectivity index (χ1v) is 12.5. The van der Waals surface area contributed by atoms with Gasteiger partial charge in [0.2, 0.25) is 5.91 Å². The highest BCUT2D eigenvalue weighted by molar-refractivity contribution is 7.98. The topological polar surface area (TPSA) is 84.4 Å². The van der Waals surface area contributed by atoms with Crippen LogP contribution in [0.4, 0.5) is 5.82 Å². The molecule has 168 valence electrons. The van der Waals surface area contributed by atoms with Crippen LogP contribution in [0.25, 0.3) is 10.2 Å². The number of nitrogens with zero attached hydrogens (tertiary/aromatic N) is 3. The predicted molar refractivity (Wildman–Crippen MR) is 128 cm³/mol. The van der Waals surface area contributed by atoms with Gasteiger partial charge in [0.15, 0.2) is 0 Å². The van der Waals surface area contributed by atoms with Gasteiger partial charge in [-0.25, -0.2) is 14.8 Å². The molecule has 1 aliphatic heterocycles. The molecule has 1 aliphatic rings. The fraction of sp³-hybridized carbons (Fsp3) is 0.391. The maximum Gasteiger partial charge on any atom is 0.348 e. The van der Waals surface area contributed by atoms with E-state index in [1.165, 1.54) is 11.3 Å². The zero-order valence-electron chi connectivity index (χ0n) is 18.2. The summed E-state index contributed by atoms with van der Waals surface area (Å²) in [5.74, 6) is 1.54. The molecule has 0 radical (unpaired) electrons. The Bertz CT molecular complexity index is 1110. The lowest BCUT2D eigenvalue weighted by molar-refractivity contribution is -0.128. The molecule has 7 nitrogen and oxygen atoms in total. The number of likely N-dealkylation sites (tertiary alicyclic amines) is 1. The monoisotopic (exact) mass is 470 g/mol. The molecule has 0 bridgehead atoms. The van der Waals surface area contributed by atoms with Gasteiger partial charge >= 0.3 is 5.97 Å². The van der Waals surface area contributed by atoms with Crippen LogP contribution in [0.2, 0.25) is 0 Å². The number of aromatic nitrogens is 2. The Morgan fingerprint density at radius 1 is 1.19 bits per heavy atom. The van der Waals surface area contributed by atoms with Crippen molar-refractivity contribution in [2.24, 2.45) is 0 Å². The first-order valence-electron chi connectivity index (χ1n) is 10.7. The van der Waals surface area contributed by atoms with Crippen LogP contribution < -0.4 is 5.32 Å². The number of anilines is 1. The summed E-state index contributed by atoms with van der Waals surface area (Å²) in [5.41, 5.74) is 0.779. The summed E-state index contributed by atoms with van der Waals surface area (Å²) in [6.07, 6.45) is 2.10. The minimum atomic E-state index is -0.354. The summed E-state index contributed by atoms with van der Waals surface area (Å²) >= 11 is 2.96. The SMILES string of the molecule is CCOC(=O)c1sc2nc(CSc3ccccc3)nc(NCC(=O)N3CCCC3)c2c1C. The van der Waals surface area contributed by atoms with Crippen LogP contribution >= 0.6 is 23.1 Å². The quantitative estimate of drug-likeness (QED) is 0.383. The van der Waals surface area contributed by atoms with Gasteiger partial charge in [0.05, 0.1) is 24.3 Å². The highest BCUT2D eigenvalue weighted by atomic mass is 32.2. The largest absolute Gasteiger partial charge is 0.462 e. The van der Waals surface area contributed by atoms with Crippen molar-refractivity contribution in [3.05, 3.63) is 46.6 Å². The number of rotatable bonds is 8. The van der Waals surface area contributed by atoms with Crippen LogP contribution in [0.1, 0.15) is 40.8 Å². The van der Waals surface area contributed by atoms with E-state index < -0.39 is 0 Å². The zero-order valence-corrected chi connectivity index (χ0v) is 19.9. The molecule has 0 spiro atoms. The number of esters is 1. The van der Waals surface area contributed by atoms with Crippen molar-refractivity contribution < 1.29 is 14.3 Å². The average molecular weight is 471 g/mol. The zero-order chi connectivity index (χ0) is 22.5. The number of ether oxygens (including phenoxy) is 1. The molecule has 3 aromatic rings. The lowest BCUT2D eigenvalue weighted by Gasteiger charge is -2.16. The first-order chi connectivity index (χ1) is 15.6. The van der Waals surface area contributed by atoms with E-state index in [0.717, 1.165) is 46.6 Å². The third kappa shape index (κ3) is 5.05. The molecule has 2 aromatic heterocycles. The Kier molecular flexibility index (Phi) is 7.26. The Hall–Kier alpha value is -2.65. The average Bonchev–Trinajstić information content (AvgIpc) is 3.45. The molecule has 0 aliphatic carbocycles. The molecule has 32 heavy (non-hydrogen) atoms. The number of nitrogens with one attached hydrogen (secondary N) is 1. The van der Waals surface area contributed by atoms with Crippen LogP contribution in [0.15, 0.2) is 35.2 Å². The second-order valence-corrected chi connectivity index (χ2v) is 9.54. The van der Waals surface area contributed by atoms with E-state index in [1.807, 2.05) is 42.2 Å². The molecular weight excluding hydrogens is 444 g/mol. The normalized spacial score (nSPS) is 13.5. The van der Waals surface area contributed by atoms with E-state index in [-0.39, 0.29) is 18.4 Å². The van der Waals surface area contributed by atoms with Crippen molar-refractivity contribution in [1.82, 2.24) is 14.9 Å². The van der Waals surface area contributed by atoms with E-state index in [9.17, 15) is 9.59 Å². The number of carbonyl (C=O) groups is 2. The summed E-state index contributed by atoms with van der Waals surface area (Å²) in [4.78, 5) is 38.7. The van der Waals surface area contributed by atoms with Crippen LogP contribution in [0.3, 0.4) is 0 Å². The van der Waals surface area contributed by atoms with Crippen molar-refractivity contribution in [3.8, 4) is 0 Å². The summed E-state index contributed by atoms with van der Waals surface area (Å²) in [7, 11) is 0. The number of thiophene rings is 1. The van der Waals surface area contributed by atoms with Crippen molar-refractivity contribution >= 4 is 51.0 Å². The van der Waals surface area contributed by atoms with Crippen molar-refractivity contribution in [2.75, 3.05) is 31.6 Å². The molecule has 1 amide bonds. The maximum atomic E-state index is 12.6. The van der Waals surface area contributed by atoms with Crippen molar-refractivity contribution in [1.29, 1.82) is 0 Å². The molecule has 0 unspecified atom stereocenters. The molecule has 4 rings (SSSR count). The fourth-order valence-corrected chi connectivity index (χ4v) is 5.54. The summed E-state index contributed by atoms with van der Waals surface area (Å²) in [5, 5.41) is 4.01.